The Morgan fingerprint density at radius 2 is 1.47 bits per heavy atom. The van der Waals surface area contributed by atoms with Crippen LogP contribution in [0.25, 0.3) is 0 Å². The van der Waals surface area contributed by atoms with Gasteiger partial charge in [-0.15, -0.1) is 0 Å². The molecule has 2 saturated heterocycles. The molecule has 0 amide bonds. The Hall–Kier alpha value is -2.04. The van der Waals surface area contributed by atoms with Crippen LogP contribution in [0.3, 0.4) is 0 Å². The first-order chi connectivity index (χ1) is 14.7. The van der Waals surface area contributed by atoms with E-state index in [9.17, 15) is 0 Å². The highest BCUT2D eigenvalue weighted by Crippen LogP contribution is 2.40. The van der Waals surface area contributed by atoms with Crippen molar-refractivity contribution in [1.82, 2.24) is 10.2 Å². The fourth-order valence-electron chi connectivity index (χ4n) is 6.13. The monoisotopic (exact) mass is 406 g/mol. The average molecular weight is 407 g/mol. The van der Waals surface area contributed by atoms with Gasteiger partial charge in [0.25, 0.3) is 0 Å². The van der Waals surface area contributed by atoms with E-state index in [2.05, 4.69) is 40.5 Å². The Morgan fingerprint density at radius 1 is 0.867 bits per heavy atom. The average Bonchev–Trinajstić information content (AvgIpc) is 3.30. The molecule has 2 aromatic carbocycles. The summed E-state index contributed by atoms with van der Waals surface area (Å²) in [6.45, 7) is 2.25. The minimum absolute atomic E-state index is 0.491. The second-order valence-electron chi connectivity index (χ2n) is 9.32. The summed E-state index contributed by atoms with van der Waals surface area (Å²) >= 11 is 0. The summed E-state index contributed by atoms with van der Waals surface area (Å²) < 4.78 is 11.2. The molecule has 0 spiro atoms. The SMILES string of the molecule is COc1ccc(OC)c2c1CC(NCC1CC3CCC(C1)N3Cc1ccccc1)C2. The van der Waals surface area contributed by atoms with Crippen molar-refractivity contribution < 1.29 is 9.47 Å². The lowest BCUT2D eigenvalue weighted by Gasteiger charge is -2.39. The number of fused-ring (bicyclic) bond motifs is 3. The fourth-order valence-corrected chi connectivity index (χ4v) is 6.13. The molecule has 2 bridgehead atoms. The molecule has 2 aromatic rings. The van der Waals surface area contributed by atoms with Crippen LogP contribution >= 0.6 is 0 Å². The number of rotatable bonds is 7. The van der Waals surface area contributed by atoms with Crippen LogP contribution in [-0.2, 0) is 19.4 Å². The van der Waals surface area contributed by atoms with Gasteiger partial charge >= 0.3 is 0 Å². The van der Waals surface area contributed by atoms with Gasteiger partial charge in [0, 0.05) is 35.8 Å². The van der Waals surface area contributed by atoms with Crippen LogP contribution in [0.4, 0.5) is 0 Å². The van der Waals surface area contributed by atoms with Gasteiger partial charge in [-0.1, -0.05) is 30.3 Å². The maximum atomic E-state index is 5.61. The van der Waals surface area contributed by atoms with E-state index in [1.165, 1.54) is 42.4 Å². The lowest BCUT2D eigenvalue weighted by molar-refractivity contribution is 0.0946. The summed E-state index contributed by atoms with van der Waals surface area (Å²) in [5.41, 5.74) is 4.11. The first-order valence-electron chi connectivity index (χ1n) is 11.5. The second kappa shape index (κ2) is 8.60. The van der Waals surface area contributed by atoms with E-state index in [-0.39, 0.29) is 0 Å². The minimum atomic E-state index is 0.491. The van der Waals surface area contributed by atoms with Crippen LogP contribution in [0.15, 0.2) is 42.5 Å². The zero-order chi connectivity index (χ0) is 20.5. The van der Waals surface area contributed by atoms with Gasteiger partial charge in [0.1, 0.15) is 11.5 Å². The predicted octanol–water partition coefficient (Wildman–Crippen LogP) is 4.20. The predicted molar refractivity (Wildman–Crippen MR) is 120 cm³/mol. The molecule has 4 nitrogen and oxygen atoms in total. The van der Waals surface area contributed by atoms with Crippen LogP contribution in [0.2, 0.25) is 0 Å². The summed E-state index contributed by atoms with van der Waals surface area (Å²) in [4.78, 5) is 2.78. The van der Waals surface area contributed by atoms with Crippen molar-refractivity contribution in [3.8, 4) is 11.5 Å². The lowest BCUT2D eigenvalue weighted by Crippen LogP contribution is -2.45. The highest BCUT2D eigenvalue weighted by Gasteiger charge is 2.40. The molecule has 2 aliphatic heterocycles. The van der Waals surface area contributed by atoms with Crippen molar-refractivity contribution in [2.24, 2.45) is 5.92 Å². The van der Waals surface area contributed by atoms with E-state index in [0.29, 0.717) is 6.04 Å². The highest BCUT2D eigenvalue weighted by atomic mass is 16.5. The van der Waals surface area contributed by atoms with Gasteiger partial charge in [-0.2, -0.15) is 0 Å². The lowest BCUT2D eigenvalue weighted by atomic mass is 9.90. The van der Waals surface area contributed by atoms with Crippen molar-refractivity contribution in [1.29, 1.82) is 0 Å². The molecule has 2 unspecified atom stereocenters. The summed E-state index contributed by atoms with van der Waals surface area (Å²) in [6.07, 6.45) is 7.49. The third-order valence-electron chi connectivity index (χ3n) is 7.57. The molecule has 0 aromatic heterocycles. The number of benzene rings is 2. The van der Waals surface area contributed by atoms with Crippen molar-refractivity contribution in [2.45, 2.75) is 63.2 Å². The Kier molecular flexibility index (Phi) is 5.70. The first-order valence-corrected chi connectivity index (χ1v) is 11.5. The van der Waals surface area contributed by atoms with Crippen molar-refractivity contribution in [3.63, 3.8) is 0 Å². The molecule has 2 atom stereocenters. The van der Waals surface area contributed by atoms with Crippen LogP contribution in [0, 0.1) is 5.92 Å². The zero-order valence-corrected chi connectivity index (χ0v) is 18.3. The Labute approximate surface area is 180 Å². The van der Waals surface area contributed by atoms with Gasteiger partial charge in [-0.3, -0.25) is 4.90 Å². The molecule has 1 aliphatic carbocycles. The van der Waals surface area contributed by atoms with Gasteiger partial charge < -0.3 is 14.8 Å². The number of nitrogens with zero attached hydrogens (tertiary/aromatic N) is 1. The third kappa shape index (κ3) is 3.83. The molecule has 2 fully saturated rings. The summed E-state index contributed by atoms with van der Waals surface area (Å²) in [6, 6.07) is 17.1. The van der Waals surface area contributed by atoms with Gasteiger partial charge in [-0.25, -0.2) is 0 Å². The number of methoxy groups -OCH3 is 2. The van der Waals surface area contributed by atoms with Gasteiger partial charge in [0.15, 0.2) is 0 Å². The van der Waals surface area contributed by atoms with E-state index in [0.717, 1.165) is 55.4 Å². The van der Waals surface area contributed by atoms with Gasteiger partial charge in [-0.05, 0) is 68.7 Å². The molecule has 30 heavy (non-hydrogen) atoms. The number of ether oxygens (including phenoxy) is 2. The maximum Gasteiger partial charge on any atom is 0.122 e. The number of hydrogen-bond acceptors (Lipinski definition) is 4. The molecular formula is C26H34N2O2. The molecule has 160 valence electrons. The quantitative estimate of drug-likeness (QED) is 0.747. The molecule has 5 rings (SSSR count). The van der Waals surface area contributed by atoms with Crippen molar-refractivity contribution in [3.05, 3.63) is 59.2 Å². The van der Waals surface area contributed by atoms with Gasteiger partial charge in [0.05, 0.1) is 14.2 Å². The third-order valence-corrected chi connectivity index (χ3v) is 7.57. The molecule has 0 radical (unpaired) electrons. The van der Waals surface area contributed by atoms with E-state index in [1.807, 2.05) is 12.1 Å². The molecule has 0 saturated carbocycles. The molecule has 4 heteroatoms. The van der Waals surface area contributed by atoms with Crippen LogP contribution in [-0.4, -0.2) is 43.8 Å². The Morgan fingerprint density at radius 3 is 2.03 bits per heavy atom. The normalized spacial score (nSPS) is 26.0. The van der Waals surface area contributed by atoms with Crippen molar-refractivity contribution in [2.75, 3.05) is 20.8 Å². The summed E-state index contributed by atoms with van der Waals surface area (Å²) in [7, 11) is 3.53. The van der Waals surface area contributed by atoms with E-state index < -0.39 is 0 Å². The summed E-state index contributed by atoms with van der Waals surface area (Å²) in [5.74, 6) is 2.80. The smallest absolute Gasteiger partial charge is 0.122 e. The molecular weight excluding hydrogens is 372 g/mol. The van der Waals surface area contributed by atoms with E-state index >= 15 is 0 Å². The summed E-state index contributed by atoms with van der Waals surface area (Å²) in [5, 5.41) is 3.90. The Bertz CT molecular complexity index is 822. The number of nitrogens with one attached hydrogen (secondary N) is 1. The zero-order valence-electron chi connectivity index (χ0n) is 18.3. The van der Waals surface area contributed by atoms with E-state index in [1.54, 1.807) is 14.2 Å². The largest absolute Gasteiger partial charge is 0.496 e. The standard InChI is InChI=1S/C26H34N2O2/c1-29-25-10-11-26(30-2)24-15-20(14-23(24)25)27-16-19-12-21-8-9-22(13-19)28(21)17-18-6-4-3-5-7-18/h3-7,10-11,19-22,27H,8-9,12-17H2,1-2H3. The fraction of sp³-hybridized carbons (Fsp3) is 0.538. The molecule has 3 aliphatic rings. The maximum absolute atomic E-state index is 5.61. The minimum Gasteiger partial charge on any atom is -0.496 e. The second-order valence-corrected chi connectivity index (χ2v) is 9.32. The molecule has 1 N–H and O–H groups in total. The number of hydrogen-bond donors (Lipinski definition) is 1. The number of piperidine rings is 1. The van der Waals surface area contributed by atoms with Crippen LogP contribution in [0.1, 0.15) is 42.4 Å². The van der Waals surface area contributed by atoms with Crippen LogP contribution < -0.4 is 14.8 Å². The van der Waals surface area contributed by atoms with Crippen molar-refractivity contribution >= 4 is 0 Å². The Balaban J connectivity index is 1.17. The van der Waals surface area contributed by atoms with Gasteiger partial charge in [0.2, 0.25) is 0 Å². The highest BCUT2D eigenvalue weighted by molar-refractivity contribution is 5.52. The van der Waals surface area contributed by atoms with E-state index in [4.69, 9.17) is 9.47 Å². The molecule has 2 heterocycles. The van der Waals surface area contributed by atoms with Crippen LogP contribution in [0.5, 0.6) is 11.5 Å². The first kappa shape index (κ1) is 19.9. The topological polar surface area (TPSA) is 33.7 Å².